The number of fused-ring (bicyclic) bond motifs is 12. The van der Waals surface area contributed by atoms with E-state index in [-0.39, 0.29) is 11.6 Å². The first-order chi connectivity index (χ1) is 28.1. The van der Waals surface area contributed by atoms with Crippen molar-refractivity contribution in [3.05, 3.63) is 240 Å². The number of nitrogens with zero attached hydrogens (tertiary/aromatic N) is 2. The third-order valence-electron chi connectivity index (χ3n) is 11.8. The van der Waals surface area contributed by atoms with E-state index in [4.69, 9.17) is 0 Å². The van der Waals surface area contributed by atoms with Crippen LogP contribution in [0.15, 0.2) is 206 Å². The maximum atomic E-state index is 14.5. The predicted octanol–water partition coefficient (Wildman–Crippen LogP) is 14.4. The molecule has 57 heavy (non-hydrogen) atoms. The van der Waals surface area contributed by atoms with E-state index in [1.165, 1.54) is 68.8 Å². The van der Waals surface area contributed by atoms with Crippen molar-refractivity contribution >= 4 is 44.9 Å². The molecule has 0 unspecified atom stereocenters. The minimum atomic E-state index is -0.678. The van der Waals surface area contributed by atoms with Crippen molar-refractivity contribution in [3.63, 3.8) is 0 Å². The number of anilines is 6. The van der Waals surface area contributed by atoms with Crippen LogP contribution < -0.4 is 9.80 Å². The van der Waals surface area contributed by atoms with Crippen LogP contribution in [0.25, 0.3) is 33.0 Å². The topological polar surface area (TPSA) is 6.48 Å². The Bertz CT molecular complexity index is 2930. The third-order valence-corrected chi connectivity index (χ3v) is 11.8. The fraction of sp³-hybridized carbons (Fsp3) is 0.0189. The summed E-state index contributed by atoms with van der Waals surface area (Å²) in [4.78, 5) is 4.46. The van der Waals surface area contributed by atoms with E-state index >= 15 is 0 Å². The lowest BCUT2D eigenvalue weighted by Gasteiger charge is -2.33. The average molecular weight is 737 g/mol. The molecule has 4 heteroatoms. The maximum absolute atomic E-state index is 14.5. The molecular formula is C53H34F2N2. The Balaban J connectivity index is 1.26. The Hall–Kier alpha value is -7.30. The monoisotopic (exact) mass is 736 g/mol. The van der Waals surface area contributed by atoms with Gasteiger partial charge in [0.25, 0.3) is 0 Å². The Morgan fingerprint density at radius 3 is 1.37 bits per heavy atom. The molecule has 1 spiro atoms. The Morgan fingerprint density at radius 2 is 0.772 bits per heavy atom. The molecule has 2 nitrogen and oxygen atoms in total. The van der Waals surface area contributed by atoms with Crippen LogP contribution in [0, 0.1) is 11.6 Å². The average Bonchev–Trinajstić information content (AvgIpc) is 3.73. The number of rotatable bonds is 6. The zero-order valence-corrected chi connectivity index (χ0v) is 30.8. The molecule has 0 radical (unpaired) electrons. The SMILES string of the molecule is Fc1ccc(N(c2ccccc2)c2ccc3c(c2)C2(c4ccccc4-c4ccccc42)c2cc(N(c4ccccc4)c4ccc(F)cc4)c4ccccc4c2-3)cc1. The maximum Gasteiger partial charge on any atom is 0.123 e. The molecule has 0 aromatic heterocycles. The number of para-hydroxylation sites is 2. The van der Waals surface area contributed by atoms with Gasteiger partial charge in [-0.2, -0.15) is 0 Å². The van der Waals surface area contributed by atoms with Crippen molar-refractivity contribution in [2.24, 2.45) is 0 Å². The number of hydrogen-bond acceptors (Lipinski definition) is 2. The van der Waals surface area contributed by atoms with Crippen molar-refractivity contribution in [1.82, 2.24) is 0 Å². The lowest BCUT2D eigenvalue weighted by Crippen LogP contribution is -2.26. The van der Waals surface area contributed by atoms with Crippen LogP contribution in [0.2, 0.25) is 0 Å². The molecule has 2 aliphatic rings. The molecule has 0 N–H and O–H groups in total. The molecule has 11 rings (SSSR count). The first-order valence-corrected chi connectivity index (χ1v) is 19.2. The van der Waals surface area contributed by atoms with Crippen LogP contribution in [0.1, 0.15) is 22.3 Å². The van der Waals surface area contributed by atoms with Crippen LogP contribution in [0.3, 0.4) is 0 Å². The second-order valence-electron chi connectivity index (χ2n) is 14.7. The lowest BCUT2D eigenvalue weighted by atomic mass is 9.70. The zero-order valence-electron chi connectivity index (χ0n) is 30.8. The first-order valence-electron chi connectivity index (χ1n) is 19.2. The molecule has 0 fully saturated rings. The van der Waals surface area contributed by atoms with Gasteiger partial charge >= 0.3 is 0 Å². The highest BCUT2D eigenvalue weighted by atomic mass is 19.1. The summed E-state index contributed by atoms with van der Waals surface area (Å²) in [5, 5.41) is 2.23. The predicted molar refractivity (Wildman–Crippen MR) is 230 cm³/mol. The Morgan fingerprint density at radius 1 is 0.316 bits per heavy atom. The number of benzene rings is 9. The summed E-state index contributed by atoms with van der Waals surface area (Å²) in [7, 11) is 0. The standard InChI is InChI=1S/C53H34F2N2/c54-35-23-27-39(28-24-35)56(37-13-3-1-4-14-37)41-31-32-46-49(33-41)53(47-21-11-9-17-42(47)43-18-10-12-22-48(43)53)50-34-51(44-19-7-8-20-45(44)52(46)50)57(38-15-5-2-6-16-38)40-29-25-36(55)26-30-40/h1-34H. The third kappa shape index (κ3) is 4.94. The molecule has 2 aliphatic carbocycles. The van der Waals surface area contributed by atoms with Gasteiger partial charge in [-0.3, -0.25) is 0 Å². The summed E-state index contributed by atoms with van der Waals surface area (Å²) < 4.78 is 28.9. The molecule has 0 bridgehead atoms. The molecular weight excluding hydrogens is 703 g/mol. The molecule has 0 aliphatic heterocycles. The smallest absolute Gasteiger partial charge is 0.123 e. The van der Waals surface area contributed by atoms with E-state index < -0.39 is 5.41 Å². The van der Waals surface area contributed by atoms with Crippen molar-refractivity contribution < 1.29 is 8.78 Å². The highest BCUT2D eigenvalue weighted by molar-refractivity contribution is 6.12. The molecule has 0 saturated carbocycles. The Kier molecular flexibility index (Phi) is 7.48. The van der Waals surface area contributed by atoms with Gasteiger partial charge in [-0.15, -0.1) is 0 Å². The van der Waals surface area contributed by atoms with E-state index in [1.54, 1.807) is 0 Å². The van der Waals surface area contributed by atoms with Crippen molar-refractivity contribution in [2.45, 2.75) is 5.41 Å². The van der Waals surface area contributed by atoms with Gasteiger partial charge in [-0.25, -0.2) is 8.78 Å². The van der Waals surface area contributed by atoms with E-state index in [0.29, 0.717) is 0 Å². The molecule has 0 heterocycles. The fourth-order valence-electron chi connectivity index (χ4n) is 9.50. The minimum Gasteiger partial charge on any atom is -0.310 e. The Labute approximate surface area is 330 Å². The van der Waals surface area contributed by atoms with Gasteiger partial charge in [0.05, 0.1) is 11.1 Å². The van der Waals surface area contributed by atoms with Gasteiger partial charge in [-0.05, 0) is 141 Å². The second-order valence-corrected chi connectivity index (χ2v) is 14.7. The van der Waals surface area contributed by atoms with Crippen molar-refractivity contribution in [3.8, 4) is 22.3 Å². The summed E-state index contributed by atoms with van der Waals surface area (Å²) in [6.07, 6.45) is 0. The van der Waals surface area contributed by atoms with Crippen LogP contribution in [-0.2, 0) is 5.41 Å². The largest absolute Gasteiger partial charge is 0.310 e. The fourth-order valence-corrected chi connectivity index (χ4v) is 9.50. The molecule has 0 atom stereocenters. The van der Waals surface area contributed by atoms with Crippen LogP contribution in [-0.4, -0.2) is 0 Å². The van der Waals surface area contributed by atoms with E-state index in [0.717, 1.165) is 44.9 Å². The van der Waals surface area contributed by atoms with Crippen LogP contribution in [0.4, 0.5) is 42.9 Å². The van der Waals surface area contributed by atoms with Crippen LogP contribution >= 0.6 is 0 Å². The van der Waals surface area contributed by atoms with E-state index in [2.05, 4.69) is 131 Å². The summed E-state index contributed by atoms with van der Waals surface area (Å²) >= 11 is 0. The molecule has 9 aromatic carbocycles. The summed E-state index contributed by atoms with van der Waals surface area (Å²) in [5.41, 5.74) is 14.6. The van der Waals surface area contributed by atoms with Gasteiger partial charge in [0, 0.05) is 33.8 Å². The number of hydrogen-bond donors (Lipinski definition) is 0. The van der Waals surface area contributed by atoms with Crippen molar-refractivity contribution in [2.75, 3.05) is 9.80 Å². The first kappa shape index (κ1) is 33.1. The van der Waals surface area contributed by atoms with Crippen LogP contribution in [0.5, 0.6) is 0 Å². The van der Waals surface area contributed by atoms with Crippen molar-refractivity contribution in [1.29, 1.82) is 0 Å². The zero-order chi connectivity index (χ0) is 38.1. The molecule has 0 amide bonds. The van der Waals surface area contributed by atoms with Gasteiger partial charge in [0.15, 0.2) is 0 Å². The minimum absolute atomic E-state index is 0.276. The highest BCUT2D eigenvalue weighted by Crippen LogP contribution is 2.65. The molecule has 9 aromatic rings. The lowest BCUT2D eigenvalue weighted by molar-refractivity contribution is 0.627. The number of halogens is 2. The molecule has 0 saturated heterocycles. The van der Waals surface area contributed by atoms with Gasteiger partial charge in [-0.1, -0.05) is 115 Å². The summed E-state index contributed by atoms with van der Waals surface area (Å²) in [6, 6.07) is 69.6. The summed E-state index contributed by atoms with van der Waals surface area (Å²) in [6.45, 7) is 0. The molecule has 270 valence electrons. The van der Waals surface area contributed by atoms with Gasteiger partial charge in [0.2, 0.25) is 0 Å². The van der Waals surface area contributed by atoms with E-state index in [1.807, 2.05) is 60.7 Å². The summed E-state index contributed by atoms with van der Waals surface area (Å²) in [5.74, 6) is -0.553. The van der Waals surface area contributed by atoms with Gasteiger partial charge < -0.3 is 9.80 Å². The highest BCUT2D eigenvalue weighted by Gasteiger charge is 2.52. The second kappa shape index (κ2) is 12.9. The quantitative estimate of drug-likeness (QED) is 0.168. The normalized spacial score (nSPS) is 12.9. The van der Waals surface area contributed by atoms with E-state index in [9.17, 15) is 8.78 Å². The van der Waals surface area contributed by atoms with Gasteiger partial charge in [0.1, 0.15) is 11.6 Å².